The first-order valence-electron chi connectivity index (χ1n) is 11.9. The zero-order valence-electron chi connectivity index (χ0n) is 19.6. The lowest BCUT2D eigenvalue weighted by Gasteiger charge is -2.42. The molecule has 7 rings (SSSR count). The van der Waals surface area contributed by atoms with Crippen LogP contribution < -0.4 is 5.32 Å². The minimum absolute atomic E-state index is 0.0318. The van der Waals surface area contributed by atoms with Gasteiger partial charge in [-0.3, -0.25) is 14.9 Å². The average molecular weight is 520 g/mol. The van der Waals surface area contributed by atoms with E-state index in [-0.39, 0.29) is 11.4 Å². The number of hydrogen-bond acceptors (Lipinski definition) is 6. The maximum Gasteiger partial charge on any atom is 0.259 e. The molecule has 2 amide bonds. The van der Waals surface area contributed by atoms with E-state index in [0.717, 1.165) is 10.9 Å². The fourth-order valence-electron chi connectivity index (χ4n) is 6.09. The van der Waals surface area contributed by atoms with Crippen molar-refractivity contribution >= 4 is 67.0 Å². The molecule has 9 nitrogen and oxygen atoms in total. The molecule has 3 aromatic carbocycles. The minimum Gasteiger partial charge on any atom is -0.387 e. The van der Waals surface area contributed by atoms with Crippen LogP contribution in [0.25, 0.3) is 43.6 Å². The smallest absolute Gasteiger partial charge is 0.259 e. The van der Waals surface area contributed by atoms with Gasteiger partial charge in [-0.05, 0) is 12.1 Å². The number of ether oxygens (including phenoxy) is 2. The molecule has 188 valence electrons. The van der Waals surface area contributed by atoms with Gasteiger partial charge in [0.25, 0.3) is 11.8 Å². The third-order valence-corrected chi connectivity index (χ3v) is 7.93. The quantitative estimate of drug-likeness (QED) is 0.214. The second-order valence-electron chi connectivity index (χ2n) is 9.47. The second-order valence-corrected chi connectivity index (χ2v) is 9.77. The molecule has 0 spiro atoms. The summed E-state index contributed by atoms with van der Waals surface area (Å²) in [6, 6.07) is 15.0. The van der Waals surface area contributed by atoms with Gasteiger partial charge in [-0.2, -0.15) is 0 Å². The van der Waals surface area contributed by atoms with Crippen molar-refractivity contribution in [2.75, 3.05) is 13.0 Å². The molecule has 0 saturated carbocycles. The first-order chi connectivity index (χ1) is 18.0. The van der Waals surface area contributed by atoms with E-state index in [9.17, 15) is 19.8 Å². The molecule has 4 heterocycles. The Morgan fingerprint density at radius 2 is 1.65 bits per heavy atom. The lowest BCUT2D eigenvalue weighted by molar-refractivity contribution is -0.243. The van der Waals surface area contributed by atoms with E-state index in [1.165, 1.54) is 7.11 Å². The van der Waals surface area contributed by atoms with Crippen LogP contribution >= 0.6 is 11.6 Å². The van der Waals surface area contributed by atoms with Crippen molar-refractivity contribution in [2.45, 2.75) is 30.6 Å². The Balaban J connectivity index is 1.67. The van der Waals surface area contributed by atoms with Gasteiger partial charge in [0.15, 0.2) is 6.23 Å². The number of aromatic nitrogens is 2. The number of H-pyrrole nitrogens is 1. The predicted molar refractivity (Wildman–Crippen MR) is 138 cm³/mol. The highest BCUT2D eigenvalue weighted by Gasteiger charge is 2.47. The van der Waals surface area contributed by atoms with Gasteiger partial charge in [0.05, 0.1) is 33.6 Å². The van der Waals surface area contributed by atoms with E-state index in [1.807, 2.05) is 48.5 Å². The van der Waals surface area contributed by atoms with Crippen molar-refractivity contribution in [3.8, 4) is 0 Å². The number of halogens is 1. The maximum absolute atomic E-state index is 13.2. The third-order valence-electron chi connectivity index (χ3n) is 7.62. The summed E-state index contributed by atoms with van der Waals surface area (Å²) in [5.74, 6) is -0.907. The van der Waals surface area contributed by atoms with Crippen LogP contribution in [0.2, 0.25) is 0 Å². The Labute approximate surface area is 214 Å². The lowest BCUT2D eigenvalue weighted by Crippen LogP contribution is -2.56. The van der Waals surface area contributed by atoms with Gasteiger partial charge in [-0.25, -0.2) is 0 Å². The molecule has 2 aromatic heterocycles. The number of nitrogens with one attached hydrogen (secondary N) is 2. The average Bonchev–Trinajstić information content (AvgIpc) is 3.54. The van der Waals surface area contributed by atoms with Gasteiger partial charge < -0.3 is 29.2 Å². The summed E-state index contributed by atoms with van der Waals surface area (Å²) in [7, 11) is 1.43. The number of amides is 2. The molecule has 37 heavy (non-hydrogen) atoms. The minimum atomic E-state index is -1.37. The summed E-state index contributed by atoms with van der Waals surface area (Å²) in [5, 5.41) is 27.4. The number of methoxy groups -OCH3 is 1. The summed E-state index contributed by atoms with van der Waals surface area (Å²) < 4.78 is 13.5. The first-order valence-corrected chi connectivity index (χ1v) is 12.4. The fourth-order valence-corrected chi connectivity index (χ4v) is 6.34. The normalized spacial score (nSPS) is 26.0. The SMILES string of the molecule is CO[C@H]1[C@H](O)[C@@H](O)[C@H](n2c3ccccc3c3c4c(c5c6ccccc6[nH]c5c32)C(=O)NC4=O)O[C@@H]1CCl. The van der Waals surface area contributed by atoms with E-state index in [0.29, 0.717) is 38.3 Å². The highest BCUT2D eigenvalue weighted by molar-refractivity contribution is 6.39. The summed E-state index contributed by atoms with van der Waals surface area (Å²) in [6.07, 6.45) is -5.23. The van der Waals surface area contributed by atoms with Crippen LogP contribution in [-0.4, -0.2) is 69.0 Å². The van der Waals surface area contributed by atoms with Crippen LogP contribution in [0.4, 0.5) is 0 Å². The molecule has 0 radical (unpaired) electrons. The van der Waals surface area contributed by atoms with Crippen LogP contribution in [0.3, 0.4) is 0 Å². The van der Waals surface area contributed by atoms with Crippen molar-refractivity contribution in [3.05, 3.63) is 59.7 Å². The van der Waals surface area contributed by atoms with Crippen molar-refractivity contribution in [1.82, 2.24) is 14.9 Å². The second kappa shape index (κ2) is 8.01. The van der Waals surface area contributed by atoms with Crippen molar-refractivity contribution in [2.24, 2.45) is 0 Å². The summed E-state index contributed by atoms with van der Waals surface area (Å²) in [4.78, 5) is 29.7. The molecule has 2 aliphatic heterocycles. The number of para-hydroxylation sites is 2. The Morgan fingerprint density at radius 3 is 2.38 bits per heavy atom. The molecular weight excluding hydrogens is 498 g/mol. The molecule has 1 saturated heterocycles. The molecular formula is C27H22ClN3O6. The monoisotopic (exact) mass is 519 g/mol. The number of fused-ring (bicyclic) bond motifs is 10. The van der Waals surface area contributed by atoms with Crippen LogP contribution in [0.1, 0.15) is 26.9 Å². The Morgan fingerprint density at radius 1 is 0.973 bits per heavy atom. The van der Waals surface area contributed by atoms with Crippen molar-refractivity contribution < 1.29 is 29.3 Å². The number of nitrogens with zero attached hydrogens (tertiary/aromatic N) is 1. The van der Waals surface area contributed by atoms with Crippen LogP contribution in [0.15, 0.2) is 48.5 Å². The topological polar surface area (TPSA) is 126 Å². The number of carbonyl (C=O) groups excluding carboxylic acids is 2. The Bertz CT molecular complexity index is 1770. The number of benzene rings is 3. The summed E-state index contributed by atoms with van der Waals surface area (Å²) >= 11 is 6.19. The van der Waals surface area contributed by atoms with Crippen LogP contribution in [-0.2, 0) is 9.47 Å². The van der Waals surface area contributed by atoms with Gasteiger partial charge in [-0.1, -0.05) is 36.4 Å². The highest BCUT2D eigenvalue weighted by Crippen LogP contribution is 2.46. The number of alkyl halides is 1. The number of rotatable bonds is 3. The molecule has 4 N–H and O–H groups in total. The van der Waals surface area contributed by atoms with Crippen molar-refractivity contribution in [1.29, 1.82) is 0 Å². The maximum atomic E-state index is 13.2. The van der Waals surface area contributed by atoms with E-state index in [1.54, 1.807) is 4.57 Å². The van der Waals surface area contributed by atoms with Crippen LogP contribution in [0.5, 0.6) is 0 Å². The number of hydrogen-bond donors (Lipinski definition) is 4. The van der Waals surface area contributed by atoms with Gasteiger partial charge in [0.2, 0.25) is 0 Å². The molecule has 10 heteroatoms. The van der Waals surface area contributed by atoms with E-state index in [2.05, 4.69) is 10.3 Å². The molecule has 2 aliphatic rings. The van der Waals surface area contributed by atoms with Crippen LogP contribution in [0, 0.1) is 0 Å². The van der Waals surface area contributed by atoms with Gasteiger partial charge in [0, 0.05) is 34.2 Å². The standard InChI is InChI=1S/C27H22ClN3O6/c1-36-24-15(10-28)37-27(23(33)22(24)32)31-14-9-5-3-7-12(14)17-19-18(25(34)30-26(19)35)16-11-6-2-4-8-13(11)29-20(16)21(17)31/h2-9,15,22-24,27,29,32-33H,10H2,1H3,(H,30,34,35)/t15-,22-,23-,24-,27-/m1/s1. The zero-order chi connectivity index (χ0) is 25.6. The largest absolute Gasteiger partial charge is 0.387 e. The van der Waals surface area contributed by atoms with E-state index in [4.69, 9.17) is 21.1 Å². The molecule has 0 aliphatic carbocycles. The lowest BCUT2D eigenvalue weighted by atomic mass is 9.96. The zero-order valence-corrected chi connectivity index (χ0v) is 20.3. The van der Waals surface area contributed by atoms with Gasteiger partial charge in [0.1, 0.15) is 24.4 Å². The predicted octanol–water partition coefficient (Wildman–Crippen LogP) is 3.19. The third kappa shape index (κ3) is 2.88. The molecule has 1 fully saturated rings. The number of imide groups is 1. The molecule has 0 bridgehead atoms. The molecule has 0 unspecified atom stereocenters. The summed E-state index contributed by atoms with van der Waals surface area (Å²) in [6.45, 7) is 0. The number of aromatic amines is 1. The van der Waals surface area contributed by atoms with Gasteiger partial charge >= 0.3 is 0 Å². The van der Waals surface area contributed by atoms with E-state index < -0.39 is 42.5 Å². The first kappa shape index (κ1) is 22.7. The number of aliphatic hydroxyl groups is 2. The molecule has 5 aromatic rings. The Kier molecular flexibility index (Phi) is 4.92. The van der Waals surface area contributed by atoms with Crippen molar-refractivity contribution in [3.63, 3.8) is 0 Å². The highest BCUT2D eigenvalue weighted by atomic mass is 35.5. The number of aliphatic hydroxyl groups excluding tert-OH is 2. The van der Waals surface area contributed by atoms with E-state index >= 15 is 0 Å². The fraction of sp³-hybridized carbons (Fsp3) is 0.259. The van der Waals surface area contributed by atoms with Gasteiger partial charge in [-0.15, -0.1) is 11.6 Å². The number of carbonyl (C=O) groups is 2. The molecule has 5 atom stereocenters. The summed E-state index contributed by atoms with van der Waals surface area (Å²) in [5.41, 5.74) is 3.25. The Hall–Kier alpha value is -3.47.